The maximum atomic E-state index is 5.24. The Kier molecular flexibility index (Phi) is 16.6. The van der Waals surface area contributed by atoms with E-state index in [1.54, 1.807) is 0 Å². The van der Waals surface area contributed by atoms with Gasteiger partial charge in [0.2, 0.25) is 0 Å². The summed E-state index contributed by atoms with van der Waals surface area (Å²) in [7, 11) is 0. The molecule has 0 unspecified atom stereocenters. The van der Waals surface area contributed by atoms with Gasteiger partial charge in [-0.1, -0.05) is 303 Å². The van der Waals surface area contributed by atoms with Gasteiger partial charge in [0.05, 0.1) is 56.2 Å². The molecular formula is C93H63N9. The first kappa shape index (κ1) is 61.9. The normalized spacial score (nSPS) is 11.2. The minimum absolute atomic E-state index is 0.601. The Bertz CT molecular complexity index is 5720. The topological polar surface area (TPSA) is 116 Å². The molecule has 0 aliphatic carbocycles. The molecule has 18 rings (SSSR count). The van der Waals surface area contributed by atoms with Crippen LogP contribution in [0.3, 0.4) is 0 Å². The minimum atomic E-state index is 0.601. The second-order valence-electron chi connectivity index (χ2n) is 25.4. The lowest BCUT2D eigenvalue weighted by molar-refractivity contribution is 1.07. The average molecular weight is 1310 g/mol. The minimum Gasteiger partial charge on any atom is -0.245 e. The van der Waals surface area contributed by atoms with E-state index in [0.717, 1.165) is 139 Å². The van der Waals surface area contributed by atoms with Gasteiger partial charge in [-0.2, -0.15) is 0 Å². The van der Waals surface area contributed by atoms with E-state index in [1.807, 2.05) is 109 Å². The Morgan fingerprint density at radius 2 is 0.422 bits per heavy atom. The van der Waals surface area contributed by atoms with Crippen LogP contribution in [0.1, 0.15) is 11.1 Å². The molecule has 102 heavy (non-hydrogen) atoms. The van der Waals surface area contributed by atoms with Gasteiger partial charge in [0.25, 0.3) is 0 Å². The van der Waals surface area contributed by atoms with Crippen LogP contribution in [-0.2, 0) is 0 Å². The van der Waals surface area contributed by atoms with Gasteiger partial charge < -0.3 is 0 Å². The number of pyridine rings is 4. The lowest BCUT2D eigenvalue weighted by Gasteiger charge is -2.12. The second kappa shape index (κ2) is 27.4. The zero-order chi connectivity index (χ0) is 68.3. The van der Waals surface area contributed by atoms with Crippen molar-refractivity contribution in [2.45, 2.75) is 13.8 Å². The number of nitrogens with zero attached hydrogens (tertiary/aromatic N) is 9. The molecule has 0 aliphatic heterocycles. The van der Waals surface area contributed by atoms with Crippen LogP contribution in [0.25, 0.3) is 179 Å². The lowest BCUT2D eigenvalue weighted by atomic mass is 10.0. The van der Waals surface area contributed by atoms with Gasteiger partial charge in [-0.05, 0) is 89.7 Å². The maximum absolute atomic E-state index is 5.24. The number of hydrogen-bond acceptors (Lipinski definition) is 9. The number of fused-ring (bicyclic) bond motifs is 6. The molecule has 18 aromatic rings. The molecule has 480 valence electrons. The number of benzene rings is 12. The summed E-state index contributed by atoms with van der Waals surface area (Å²) in [6.45, 7) is 4.28. The zero-order valence-electron chi connectivity index (χ0n) is 55.9. The highest BCUT2D eigenvalue weighted by Crippen LogP contribution is 2.37. The summed E-state index contributed by atoms with van der Waals surface area (Å²) >= 11 is 0. The predicted molar refractivity (Wildman–Crippen MR) is 418 cm³/mol. The molecule has 6 aromatic heterocycles. The van der Waals surface area contributed by atoms with Crippen molar-refractivity contribution >= 4 is 43.6 Å². The molecule has 12 aromatic carbocycles. The predicted octanol–water partition coefficient (Wildman–Crippen LogP) is 23.2. The third kappa shape index (κ3) is 12.7. The van der Waals surface area contributed by atoms with Crippen LogP contribution in [0.5, 0.6) is 0 Å². The molecule has 0 atom stereocenters. The molecule has 0 saturated heterocycles. The van der Waals surface area contributed by atoms with Crippen molar-refractivity contribution in [1.29, 1.82) is 0 Å². The van der Waals surface area contributed by atoms with Crippen molar-refractivity contribution in [2.75, 3.05) is 0 Å². The highest BCUT2D eigenvalue weighted by Gasteiger charge is 2.19. The zero-order valence-corrected chi connectivity index (χ0v) is 55.9. The monoisotopic (exact) mass is 1310 g/mol. The van der Waals surface area contributed by atoms with Gasteiger partial charge in [0, 0.05) is 77.2 Å². The largest absolute Gasteiger partial charge is 0.245 e. The SMILES string of the molecule is Cc1cc(-c2ccccc2)nc2c1ccc1ccc(-c3cccc(-c4nc(-c5ccccc5)cc(-c5ccc(-c6ccccc6)cc5)n4)c3)nc12.Cc1cc(-c2ccccc2)nc2c1ccc1ccc(-c3cccc(-c4nc(-c5ccccc5)nc(-c5ccc(-c6ccccc6)cc5)n4)c3)nc12. The van der Waals surface area contributed by atoms with Gasteiger partial charge in [-0.15, -0.1) is 0 Å². The van der Waals surface area contributed by atoms with Crippen molar-refractivity contribution < 1.29 is 0 Å². The van der Waals surface area contributed by atoms with E-state index in [4.69, 9.17) is 44.9 Å². The fraction of sp³-hybridized carbons (Fsp3) is 0.0215. The summed E-state index contributed by atoms with van der Waals surface area (Å²) in [4.78, 5) is 46.0. The van der Waals surface area contributed by atoms with Crippen molar-refractivity contribution in [1.82, 2.24) is 44.9 Å². The highest BCUT2D eigenvalue weighted by atomic mass is 15.0. The van der Waals surface area contributed by atoms with E-state index in [0.29, 0.717) is 23.3 Å². The van der Waals surface area contributed by atoms with E-state index in [9.17, 15) is 0 Å². The van der Waals surface area contributed by atoms with Gasteiger partial charge in [0.1, 0.15) is 0 Å². The first-order valence-corrected chi connectivity index (χ1v) is 34.1. The van der Waals surface area contributed by atoms with Crippen LogP contribution in [0.2, 0.25) is 0 Å². The molecule has 0 N–H and O–H groups in total. The molecule has 9 nitrogen and oxygen atoms in total. The van der Waals surface area contributed by atoms with Crippen molar-refractivity contribution in [2.24, 2.45) is 0 Å². The summed E-state index contributed by atoms with van der Waals surface area (Å²) < 4.78 is 0. The third-order valence-corrected chi connectivity index (χ3v) is 18.7. The molecule has 0 fully saturated rings. The first-order valence-electron chi connectivity index (χ1n) is 34.1. The van der Waals surface area contributed by atoms with E-state index in [1.165, 1.54) is 27.8 Å². The molecule has 0 saturated carbocycles. The van der Waals surface area contributed by atoms with Crippen LogP contribution in [0.4, 0.5) is 0 Å². The van der Waals surface area contributed by atoms with Crippen LogP contribution in [-0.4, -0.2) is 44.9 Å². The summed E-state index contributed by atoms with van der Waals surface area (Å²) in [6, 6.07) is 119. The first-order chi connectivity index (χ1) is 50.3. The Hall–Kier alpha value is -13.6. The van der Waals surface area contributed by atoms with Crippen molar-refractivity contribution in [3.63, 3.8) is 0 Å². The molecule has 6 heterocycles. The quantitative estimate of drug-likeness (QED) is 0.110. The van der Waals surface area contributed by atoms with Crippen molar-refractivity contribution in [3.8, 4) is 135 Å². The number of aryl methyl sites for hydroxylation is 2. The van der Waals surface area contributed by atoms with Crippen LogP contribution >= 0.6 is 0 Å². The number of rotatable bonds is 12. The van der Waals surface area contributed by atoms with Gasteiger partial charge >= 0.3 is 0 Å². The van der Waals surface area contributed by atoms with E-state index < -0.39 is 0 Å². The molecule has 0 aliphatic rings. The highest BCUT2D eigenvalue weighted by molar-refractivity contribution is 6.07. The number of aromatic nitrogens is 9. The van der Waals surface area contributed by atoms with Crippen LogP contribution < -0.4 is 0 Å². The second-order valence-corrected chi connectivity index (χ2v) is 25.4. The Labute approximate surface area is 591 Å². The Morgan fingerprint density at radius 1 is 0.157 bits per heavy atom. The van der Waals surface area contributed by atoms with Crippen LogP contribution in [0.15, 0.2) is 346 Å². The Balaban J connectivity index is 0.000000152. The van der Waals surface area contributed by atoms with Gasteiger partial charge in [0.15, 0.2) is 23.3 Å². The summed E-state index contributed by atoms with van der Waals surface area (Å²) in [5.41, 5.74) is 25.8. The summed E-state index contributed by atoms with van der Waals surface area (Å²) in [5, 5.41) is 4.31. The summed E-state index contributed by atoms with van der Waals surface area (Å²) in [6.07, 6.45) is 0. The van der Waals surface area contributed by atoms with Crippen LogP contribution in [0, 0.1) is 13.8 Å². The molecule has 0 amide bonds. The standard InChI is InChI=1S/C47H32N4.C46H31N5/c1-31-28-42(34-14-7-3-8-15-34)49-46-40(31)26-24-37-25-27-41(48-45(37)46)38-18-11-19-39(29-38)47-50-43(35-16-9-4-10-17-35)30-44(51-47)36-22-20-33(21-23-36)32-12-5-2-6-13-32;1-30-28-41(33-14-7-3-8-15-33)48-43-39(30)26-24-34-25-27-40(47-42(34)43)37-18-11-19-38(29-37)46-50-44(35-16-9-4-10-17-35)49-45(51-46)36-22-20-32(21-23-36)31-12-5-2-6-13-31/h2-30H,1H3;2-29H,1H3. The van der Waals surface area contributed by atoms with Gasteiger partial charge in [-0.3, -0.25) is 0 Å². The van der Waals surface area contributed by atoms with E-state index >= 15 is 0 Å². The fourth-order valence-corrected chi connectivity index (χ4v) is 13.3. The van der Waals surface area contributed by atoms with Crippen molar-refractivity contribution in [3.05, 3.63) is 357 Å². The molecule has 9 heteroatoms. The summed E-state index contributed by atoms with van der Waals surface area (Å²) in [5.74, 6) is 2.51. The molecule has 0 spiro atoms. The van der Waals surface area contributed by atoms with E-state index in [2.05, 4.69) is 250 Å². The maximum Gasteiger partial charge on any atom is 0.164 e. The average Bonchev–Trinajstić information content (AvgIpc) is 0.765. The molecule has 0 radical (unpaired) electrons. The molecular weight excluding hydrogens is 1240 g/mol. The lowest BCUT2D eigenvalue weighted by Crippen LogP contribution is -2.00. The van der Waals surface area contributed by atoms with E-state index in [-0.39, 0.29) is 0 Å². The molecule has 0 bridgehead atoms. The van der Waals surface area contributed by atoms with Gasteiger partial charge in [-0.25, -0.2) is 44.9 Å². The Morgan fingerprint density at radius 3 is 0.824 bits per heavy atom. The number of hydrogen-bond donors (Lipinski definition) is 0. The smallest absolute Gasteiger partial charge is 0.164 e. The third-order valence-electron chi connectivity index (χ3n) is 18.7. The fourth-order valence-electron chi connectivity index (χ4n) is 13.3.